The van der Waals surface area contributed by atoms with Crippen LogP contribution in [0, 0.1) is 0 Å². The largest absolute Gasteiger partial charge is 0.306 e. The fourth-order valence-corrected chi connectivity index (χ4v) is 2.31. The minimum absolute atomic E-state index is 0.00815. The monoisotopic (exact) mass is 187 g/mol. The van der Waals surface area contributed by atoms with Gasteiger partial charge in [-0.05, 0) is 6.92 Å². The van der Waals surface area contributed by atoms with Gasteiger partial charge in [-0.15, -0.1) is 0 Å². The highest BCUT2D eigenvalue weighted by Crippen LogP contribution is 2.07. The van der Waals surface area contributed by atoms with Gasteiger partial charge in [0.05, 0.1) is 5.75 Å². The summed E-state index contributed by atoms with van der Waals surface area (Å²) in [4.78, 5) is 0. The molecule has 12 heavy (non-hydrogen) atoms. The molecule has 0 bridgehead atoms. The van der Waals surface area contributed by atoms with Crippen molar-refractivity contribution in [2.75, 3.05) is 12.3 Å². The zero-order chi connectivity index (χ0) is 9.03. The minimum atomic E-state index is -2.90. The van der Waals surface area contributed by atoms with Crippen LogP contribution in [0.4, 0.5) is 0 Å². The second-order valence-corrected chi connectivity index (χ2v) is 4.67. The van der Waals surface area contributed by atoms with Gasteiger partial charge in [0, 0.05) is 18.0 Å². The Kier molecular flexibility index (Phi) is 3.05. The van der Waals surface area contributed by atoms with Crippen LogP contribution in [0.25, 0.3) is 0 Å². The Balaban J connectivity index is 2.35. The standard InChI is InChI=1S/C8H13NO2S/c1-2-3-5-9-8-4-6-12(10,11)7-8/h2-4,6,8-9H,5,7H2,1H3/b3-2+. The van der Waals surface area contributed by atoms with Gasteiger partial charge < -0.3 is 5.32 Å². The van der Waals surface area contributed by atoms with Gasteiger partial charge in [0.25, 0.3) is 0 Å². The number of sulfone groups is 1. The molecule has 0 saturated carbocycles. The first-order valence-corrected chi connectivity index (χ1v) is 5.61. The molecule has 0 aromatic rings. The average Bonchev–Trinajstić information content (AvgIpc) is 2.31. The Hall–Kier alpha value is -0.610. The highest BCUT2D eigenvalue weighted by atomic mass is 32.2. The summed E-state index contributed by atoms with van der Waals surface area (Å²) in [6.07, 6.45) is 5.58. The zero-order valence-electron chi connectivity index (χ0n) is 7.03. The van der Waals surface area contributed by atoms with Gasteiger partial charge in [-0.2, -0.15) is 0 Å². The van der Waals surface area contributed by atoms with Crippen molar-refractivity contribution in [3.8, 4) is 0 Å². The predicted molar refractivity (Wildman–Crippen MR) is 49.5 cm³/mol. The summed E-state index contributed by atoms with van der Waals surface area (Å²) in [5, 5.41) is 4.36. The fourth-order valence-electron chi connectivity index (χ4n) is 1.04. The number of nitrogens with one attached hydrogen (secondary N) is 1. The third kappa shape index (κ3) is 2.79. The topological polar surface area (TPSA) is 46.2 Å². The van der Waals surface area contributed by atoms with Crippen molar-refractivity contribution in [3.05, 3.63) is 23.6 Å². The summed E-state index contributed by atoms with van der Waals surface area (Å²) >= 11 is 0. The highest BCUT2D eigenvalue weighted by molar-refractivity contribution is 7.94. The van der Waals surface area contributed by atoms with Gasteiger partial charge in [-0.1, -0.05) is 18.2 Å². The van der Waals surface area contributed by atoms with E-state index in [9.17, 15) is 8.42 Å². The molecule has 0 aromatic carbocycles. The van der Waals surface area contributed by atoms with Gasteiger partial charge in [0.15, 0.2) is 9.84 Å². The third-order valence-corrected chi connectivity index (χ3v) is 3.06. The van der Waals surface area contributed by atoms with E-state index in [1.807, 2.05) is 19.1 Å². The van der Waals surface area contributed by atoms with Crippen LogP contribution in [0.1, 0.15) is 6.92 Å². The van der Waals surface area contributed by atoms with Gasteiger partial charge in [-0.25, -0.2) is 8.42 Å². The van der Waals surface area contributed by atoms with Crippen molar-refractivity contribution >= 4 is 9.84 Å². The molecule has 0 spiro atoms. The first kappa shape index (κ1) is 9.48. The Morgan fingerprint density at radius 1 is 1.67 bits per heavy atom. The van der Waals surface area contributed by atoms with Gasteiger partial charge in [0.2, 0.25) is 0 Å². The predicted octanol–water partition coefficient (Wildman–Crippen LogP) is 0.463. The lowest BCUT2D eigenvalue weighted by atomic mass is 10.3. The molecule has 1 rings (SSSR count). The van der Waals surface area contributed by atoms with E-state index in [0.29, 0.717) is 0 Å². The molecule has 68 valence electrons. The Morgan fingerprint density at radius 3 is 2.92 bits per heavy atom. The second kappa shape index (κ2) is 3.87. The normalized spacial score (nSPS) is 26.9. The summed E-state index contributed by atoms with van der Waals surface area (Å²) < 4.78 is 21.9. The molecule has 1 atom stereocenters. The molecule has 0 saturated heterocycles. The van der Waals surface area contributed by atoms with Crippen molar-refractivity contribution in [1.82, 2.24) is 5.32 Å². The SMILES string of the molecule is C/C=C/CNC1C=CS(=O)(=O)C1. The molecule has 0 amide bonds. The van der Waals surface area contributed by atoms with Crippen LogP contribution in [0.3, 0.4) is 0 Å². The molecule has 1 aliphatic heterocycles. The van der Waals surface area contributed by atoms with E-state index in [0.717, 1.165) is 6.54 Å². The van der Waals surface area contributed by atoms with Crippen molar-refractivity contribution in [2.45, 2.75) is 13.0 Å². The van der Waals surface area contributed by atoms with Gasteiger partial charge in [0.1, 0.15) is 0 Å². The molecule has 1 heterocycles. The van der Waals surface area contributed by atoms with Crippen molar-refractivity contribution in [1.29, 1.82) is 0 Å². The molecule has 0 aromatic heterocycles. The number of allylic oxidation sites excluding steroid dienone is 1. The molecule has 0 radical (unpaired) electrons. The second-order valence-electron chi connectivity index (χ2n) is 2.74. The molecule has 1 N–H and O–H groups in total. The minimum Gasteiger partial charge on any atom is -0.306 e. The Labute approximate surface area is 73.1 Å². The van der Waals surface area contributed by atoms with Crippen LogP contribution in [0.15, 0.2) is 23.6 Å². The van der Waals surface area contributed by atoms with E-state index in [4.69, 9.17) is 0 Å². The molecule has 1 unspecified atom stereocenters. The van der Waals surface area contributed by atoms with Crippen LogP contribution in [0.2, 0.25) is 0 Å². The van der Waals surface area contributed by atoms with E-state index in [1.54, 1.807) is 6.08 Å². The summed E-state index contributed by atoms with van der Waals surface area (Å²) in [6.45, 7) is 2.66. The maximum atomic E-state index is 10.9. The van der Waals surface area contributed by atoms with E-state index < -0.39 is 9.84 Å². The van der Waals surface area contributed by atoms with Crippen LogP contribution in [0.5, 0.6) is 0 Å². The smallest absolute Gasteiger partial charge is 0.173 e. The van der Waals surface area contributed by atoms with E-state index in [2.05, 4.69) is 5.32 Å². The number of hydrogen-bond donors (Lipinski definition) is 1. The zero-order valence-corrected chi connectivity index (χ0v) is 7.84. The fraction of sp³-hybridized carbons (Fsp3) is 0.500. The molecule has 0 fully saturated rings. The molecule has 3 nitrogen and oxygen atoms in total. The molecular weight excluding hydrogens is 174 g/mol. The van der Waals surface area contributed by atoms with Crippen molar-refractivity contribution in [3.63, 3.8) is 0 Å². The lowest BCUT2D eigenvalue weighted by Crippen LogP contribution is -2.29. The van der Waals surface area contributed by atoms with E-state index in [1.165, 1.54) is 5.41 Å². The third-order valence-electron chi connectivity index (χ3n) is 1.66. The van der Waals surface area contributed by atoms with Crippen LogP contribution >= 0.6 is 0 Å². The Bertz CT molecular complexity index is 290. The lowest BCUT2D eigenvalue weighted by Gasteiger charge is -2.05. The van der Waals surface area contributed by atoms with Crippen molar-refractivity contribution < 1.29 is 8.42 Å². The summed E-state index contributed by atoms with van der Waals surface area (Å²) in [7, 11) is -2.90. The molecule has 4 heteroatoms. The first-order valence-electron chi connectivity index (χ1n) is 3.89. The average molecular weight is 187 g/mol. The van der Waals surface area contributed by atoms with Crippen LogP contribution in [-0.2, 0) is 9.84 Å². The lowest BCUT2D eigenvalue weighted by molar-refractivity contribution is 0.597. The van der Waals surface area contributed by atoms with Crippen LogP contribution < -0.4 is 5.32 Å². The van der Waals surface area contributed by atoms with Gasteiger partial charge in [-0.3, -0.25) is 0 Å². The quantitative estimate of drug-likeness (QED) is 0.653. The number of rotatable bonds is 3. The van der Waals surface area contributed by atoms with Crippen LogP contribution in [-0.4, -0.2) is 26.8 Å². The van der Waals surface area contributed by atoms with E-state index >= 15 is 0 Å². The molecule has 0 aliphatic carbocycles. The van der Waals surface area contributed by atoms with Crippen molar-refractivity contribution in [2.24, 2.45) is 0 Å². The van der Waals surface area contributed by atoms with E-state index in [-0.39, 0.29) is 11.8 Å². The maximum Gasteiger partial charge on any atom is 0.173 e. The first-order chi connectivity index (χ1) is 5.64. The highest BCUT2D eigenvalue weighted by Gasteiger charge is 2.20. The summed E-state index contributed by atoms with van der Waals surface area (Å²) in [5.74, 6) is 0.199. The summed E-state index contributed by atoms with van der Waals surface area (Å²) in [5.41, 5.74) is 0. The summed E-state index contributed by atoms with van der Waals surface area (Å²) in [6, 6.07) is -0.00815. The maximum absolute atomic E-state index is 10.9. The molecular formula is C8H13NO2S. The molecule has 1 aliphatic rings. The number of hydrogen-bond acceptors (Lipinski definition) is 3. The van der Waals surface area contributed by atoms with Gasteiger partial charge >= 0.3 is 0 Å². The Morgan fingerprint density at radius 2 is 2.42 bits per heavy atom.